The molecule has 0 aliphatic carbocycles. The molecule has 0 saturated carbocycles. The number of hydrogen-bond donors (Lipinski definition) is 1. The second-order valence-corrected chi connectivity index (χ2v) is 5.84. The lowest BCUT2D eigenvalue weighted by Gasteiger charge is -2.08. The van der Waals surface area contributed by atoms with Crippen molar-refractivity contribution in [2.75, 3.05) is 5.32 Å². The third-order valence-corrected chi connectivity index (χ3v) is 3.66. The highest BCUT2D eigenvalue weighted by molar-refractivity contribution is 9.10. The monoisotopic (exact) mass is 373 g/mol. The molecule has 0 radical (unpaired) electrons. The third kappa shape index (κ3) is 3.73. The molecular formula is C13H10Br2ClN. The standard InChI is InChI=1S/C13H10Br2ClN/c14-10-2-1-3-12(6-10)17-8-9-4-5-11(15)7-13(9)16/h1-7,17H,8H2. The highest BCUT2D eigenvalue weighted by Gasteiger charge is 2.01. The van der Waals surface area contributed by atoms with E-state index < -0.39 is 0 Å². The fourth-order valence-corrected chi connectivity index (χ4v) is 2.60. The zero-order valence-corrected chi connectivity index (χ0v) is 12.8. The van der Waals surface area contributed by atoms with Crippen LogP contribution in [0.4, 0.5) is 5.69 Å². The van der Waals surface area contributed by atoms with E-state index >= 15 is 0 Å². The first-order valence-corrected chi connectivity index (χ1v) is 7.05. The van der Waals surface area contributed by atoms with Crippen LogP contribution >= 0.6 is 43.5 Å². The summed E-state index contributed by atoms with van der Waals surface area (Å²) in [6.45, 7) is 0.711. The molecule has 0 atom stereocenters. The molecule has 0 aliphatic heterocycles. The van der Waals surface area contributed by atoms with Crippen LogP contribution in [0.15, 0.2) is 51.4 Å². The molecule has 1 N–H and O–H groups in total. The van der Waals surface area contributed by atoms with Crippen LogP contribution in [0, 0.1) is 0 Å². The first-order chi connectivity index (χ1) is 8.15. The van der Waals surface area contributed by atoms with Crippen molar-refractivity contribution in [2.24, 2.45) is 0 Å². The first-order valence-electron chi connectivity index (χ1n) is 5.08. The van der Waals surface area contributed by atoms with Gasteiger partial charge in [-0.3, -0.25) is 0 Å². The van der Waals surface area contributed by atoms with E-state index in [1.165, 1.54) is 0 Å². The molecule has 0 spiro atoms. The van der Waals surface area contributed by atoms with Gasteiger partial charge >= 0.3 is 0 Å². The largest absolute Gasteiger partial charge is 0.381 e. The van der Waals surface area contributed by atoms with Crippen LogP contribution in [0.1, 0.15) is 5.56 Å². The summed E-state index contributed by atoms with van der Waals surface area (Å²) in [4.78, 5) is 0. The van der Waals surface area contributed by atoms with E-state index in [0.29, 0.717) is 6.54 Å². The second-order valence-electron chi connectivity index (χ2n) is 3.60. The van der Waals surface area contributed by atoms with Crippen LogP contribution in [0.3, 0.4) is 0 Å². The lowest BCUT2D eigenvalue weighted by molar-refractivity contribution is 1.15. The van der Waals surface area contributed by atoms with Crippen LogP contribution in [-0.4, -0.2) is 0 Å². The van der Waals surface area contributed by atoms with Crippen molar-refractivity contribution in [1.82, 2.24) is 0 Å². The van der Waals surface area contributed by atoms with Gasteiger partial charge < -0.3 is 5.32 Å². The van der Waals surface area contributed by atoms with Gasteiger partial charge in [-0.2, -0.15) is 0 Å². The number of nitrogens with one attached hydrogen (secondary N) is 1. The third-order valence-electron chi connectivity index (χ3n) is 2.32. The van der Waals surface area contributed by atoms with E-state index in [2.05, 4.69) is 37.2 Å². The Bertz CT molecular complexity index is 529. The summed E-state index contributed by atoms with van der Waals surface area (Å²) in [5.41, 5.74) is 2.15. The van der Waals surface area contributed by atoms with Crippen molar-refractivity contribution in [1.29, 1.82) is 0 Å². The minimum atomic E-state index is 0.711. The van der Waals surface area contributed by atoms with E-state index in [1.807, 2.05) is 42.5 Å². The Hall–Kier alpha value is -0.510. The first kappa shape index (κ1) is 12.9. The normalized spacial score (nSPS) is 10.3. The average molecular weight is 375 g/mol. The number of rotatable bonds is 3. The zero-order valence-electron chi connectivity index (χ0n) is 8.88. The van der Waals surface area contributed by atoms with Gasteiger partial charge in [-0.15, -0.1) is 0 Å². The maximum Gasteiger partial charge on any atom is 0.0467 e. The SMILES string of the molecule is Clc1cc(Br)ccc1CNc1cccc(Br)c1. The lowest BCUT2D eigenvalue weighted by Crippen LogP contribution is -1.99. The van der Waals surface area contributed by atoms with Crippen LogP contribution < -0.4 is 5.32 Å². The van der Waals surface area contributed by atoms with Crippen LogP contribution in [-0.2, 0) is 6.54 Å². The number of anilines is 1. The van der Waals surface area contributed by atoms with Crippen molar-refractivity contribution < 1.29 is 0 Å². The highest BCUT2D eigenvalue weighted by atomic mass is 79.9. The molecule has 0 aliphatic rings. The average Bonchev–Trinajstić information content (AvgIpc) is 2.28. The molecule has 2 rings (SSSR count). The van der Waals surface area contributed by atoms with E-state index in [0.717, 1.165) is 25.2 Å². The van der Waals surface area contributed by atoms with Gasteiger partial charge in [-0.05, 0) is 35.9 Å². The van der Waals surface area contributed by atoms with E-state index in [9.17, 15) is 0 Å². The summed E-state index contributed by atoms with van der Waals surface area (Å²) in [6.07, 6.45) is 0. The fraction of sp³-hybridized carbons (Fsp3) is 0.0769. The molecule has 4 heteroatoms. The van der Waals surface area contributed by atoms with Crippen LogP contribution in [0.25, 0.3) is 0 Å². The van der Waals surface area contributed by atoms with Crippen LogP contribution in [0.5, 0.6) is 0 Å². The van der Waals surface area contributed by atoms with E-state index in [4.69, 9.17) is 11.6 Å². The van der Waals surface area contributed by atoms with Gasteiger partial charge in [0.15, 0.2) is 0 Å². The molecule has 17 heavy (non-hydrogen) atoms. The zero-order chi connectivity index (χ0) is 12.3. The Morgan fingerprint density at radius 3 is 2.47 bits per heavy atom. The molecule has 2 aromatic rings. The Balaban J connectivity index is 2.07. The second kappa shape index (κ2) is 5.89. The molecule has 0 bridgehead atoms. The topological polar surface area (TPSA) is 12.0 Å². The summed E-state index contributed by atoms with van der Waals surface area (Å²) in [5.74, 6) is 0. The predicted octanol–water partition coefficient (Wildman–Crippen LogP) is 5.48. The molecule has 0 unspecified atom stereocenters. The fourth-order valence-electron chi connectivity index (χ4n) is 1.46. The summed E-state index contributed by atoms with van der Waals surface area (Å²) >= 11 is 13.0. The van der Waals surface area contributed by atoms with Crippen LogP contribution in [0.2, 0.25) is 5.02 Å². The molecule has 0 fully saturated rings. The van der Waals surface area contributed by atoms with Gasteiger partial charge in [0, 0.05) is 26.2 Å². The highest BCUT2D eigenvalue weighted by Crippen LogP contribution is 2.23. The summed E-state index contributed by atoms with van der Waals surface area (Å²) in [7, 11) is 0. The lowest BCUT2D eigenvalue weighted by atomic mass is 10.2. The van der Waals surface area contributed by atoms with Gasteiger partial charge in [0.25, 0.3) is 0 Å². The molecule has 0 aromatic heterocycles. The maximum atomic E-state index is 6.15. The van der Waals surface area contributed by atoms with Crippen molar-refractivity contribution >= 4 is 49.1 Å². The number of benzene rings is 2. The predicted molar refractivity (Wildman–Crippen MR) is 80.6 cm³/mol. The van der Waals surface area contributed by atoms with Gasteiger partial charge in [0.1, 0.15) is 0 Å². The Morgan fingerprint density at radius 2 is 1.76 bits per heavy atom. The van der Waals surface area contributed by atoms with Crippen molar-refractivity contribution in [3.05, 3.63) is 62.0 Å². The quantitative estimate of drug-likeness (QED) is 0.749. The van der Waals surface area contributed by atoms with Gasteiger partial charge in [-0.25, -0.2) is 0 Å². The van der Waals surface area contributed by atoms with Gasteiger partial charge in [-0.1, -0.05) is 55.6 Å². The van der Waals surface area contributed by atoms with Crippen molar-refractivity contribution in [2.45, 2.75) is 6.54 Å². The molecular weight excluding hydrogens is 365 g/mol. The smallest absolute Gasteiger partial charge is 0.0467 e. The van der Waals surface area contributed by atoms with Crippen molar-refractivity contribution in [3.63, 3.8) is 0 Å². The molecule has 1 nitrogen and oxygen atoms in total. The minimum absolute atomic E-state index is 0.711. The van der Waals surface area contributed by atoms with Crippen molar-refractivity contribution in [3.8, 4) is 0 Å². The Morgan fingerprint density at radius 1 is 1.00 bits per heavy atom. The summed E-state index contributed by atoms with van der Waals surface area (Å²) in [6, 6.07) is 14.0. The molecule has 0 saturated heterocycles. The molecule has 0 amide bonds. The molecule has 88 valence electrons. The van der Waals surface area contributed by atoms with Gasteiger partial charge in [0.05, 0.1) is 0 Å². The Labute approximate surface area is 122 Å². The summed E-state index contributed by atoms with van der Waals surface area (Å²) in [5, 5.41) is 4.10. The minimum Gasteiger partial charge on any atom is -0.381 e. The Kier molecular flexibility index (Phi) is 4.48. The summed E-state index contributed by atoms with van der Waals surface area (Å²) < 4.78 is 2.05. The number of halogens is 3. The van der Waals surface area contributed by atoms with E-state index in [1.54, 1.807) is 0 Å². The van der Waals surface area contributed by atoms with E-state index in [-0.39, 0.29) is 0 Å². The number of hydrogen-bond acceptors (Lipinski definition) is 1. The molecule has 0 heterocycles. The maximum absolute atomic E-state index is 6.15. The van der Waals surface area contributed by atoms with Gasteiger partial charge in [0.2, 0.25) is 0 Å². The molecule has 2 aromatic carbocycles.